The van der Waals surface area contributed by atoms with Gasteiger partial charge in [0.2, 0.25) is 0 Å². The van der Waals surface area contributed by atoms with Crippen LogP contribution in [0.2, 0.25) is 0 Å². The molecule has 0 aromatic heterocycles. The minimum atomic E-state index is 0.547. The van der Waals surface area contributed by atoms with Crippen LogP contribution >= 0.6 is 0 Å². The maximum absolute atomic E-state index is 5.99. The Morgan fingerprint density at radius 3 is 2.72 bits per heavy atom. The summed E-state index contributed by atoms with van der Waals surface area (Å²) in [6.07, 6.45) is 12.0. The Balaban J connectivity index is 1.48. The number of ether oxygens (including phenoxy) is 2. The van der Waals surface area contributed by atoms with E-state index in [0.29, 0.717) is 12.0 Å². The fourth-order valence-corrected chi connectivity index (χ4v) is 3.86. The Morgan fingerprint density at radius 2 is 1.96 bits per heavy atom. The van der Waals surface area contributed by atoms with Crippen LogP contribution in [0.15, 0.2) is 4.99 Å². The second kappa shape index (κ2) is 12.5. The Morgan fingerprint density at radius 1 is 1.12 bits per heavy atom. The number of rotatable bonds is 10. The quantitative estimate of drug-likeness (QED) is 0.371. The van der Waals surface area contributed by atoms with Crippen molar-refractivity contribution in [2.24, 2.45) is 10.9 Å². The molecule has 146 valence electrons. The van der Waals surface area contributed by atoms with E-state index in [1.807, 2.05) is 7.05 Å². The fraction of sp³-hybridized carbons (Fsp3) is 0.950. The number of hydrogen-bond donors (Lipinski definition) is 1. The van der Waals surface area contributed by atoms with E-state index in [0.717, 1.165) is 45.4 Å². The number of nitrogens with zero attached hydrogens (tertiary/aromatic N) is 2. The summed E-state index contributed by atoms with van der Waals surface area (Å²) in [4.78, 5) is 6.82. The minimum absolute atomic E-state index is 0.547. The number of nitrogens with one attached hydrogen (secondary N) is 1. The molecule has 1 atom stereocenters. The standard InChI is InChI=1S/C20H39N3O2/c1-3-24-17-18-12-14-23(16-18)20(21-2)22-13-8-5-9-15-25-19-10-6-4-7-11-19/h18-19H,3-17H2,1-2H3,(H,21,22). The first-order chi connectivity index (χ1) is 12.3. The third-order valence-electron chi connectivity index (χ3n) is 5.36. The van der Waals surface area contributed by atoms with Crippen LogP contribution < -0.4 is 5.32 Å². The van der Waals surface area contributed by atoms with Gasteiger partial charge in [0.05, 0.1) is 12.7 Å². The van der Waals surface area contributed by atoms with Crippen LogP contribution in [0.3, 0.4) is 0 Å². The first kappa shape index (κ1) is 20.5. The van der Waals surface area contributed by atoms with Gasteiger partial charge < -0.3 is 19.7 Å². The Kier molecular flexibility index (Phi) is 10.3. The first-order valence-electron chi connectivity index (χ1n) is 10.5. The smallest absolute Gasteiger partial charge is 0.193 e. The zero-order valence-electron chi connectivity index (χ0n) is 16.5. The lowest BCUT2D eigenvalue weighted by molar-refractivity contribution is 0.0264. The molecule has 1 aliphatic carbocycles. The Hall–Kier alpha value is -0.810. The average molecular weight is 354 g/mol. The number of hydrogen-bond acceptors (Lipinski definition) is 3. The molecule has 0 bridgehead atoms. The number of likely N-dealkylation sites (tertiary alicyclic amines) is 1. The molecule has 5 heteroatoms. The van der Waals surface area contributed by atoms with E-state index in [9.17, 15) is 0 Å². The summed E-state index contributed by atoms with van der Waals surface area (Å²) >= 11 is 0. The van der Waals surface area contributed by atoms with Crippen LogP contribution in [-0.4, -0.2) is 63.5 Å². The van der Waals surface area contributed by atoms with Gasteiger partial charge >= 0.3 is 0 Å². The van der Waals surface area contributed by atoms with Crippen molar-refractivity contribution in [3.8, 4) is 0 Å². The zero-order chi connectivity index (χ0) is 17.7. The SMILES string of the molecule is CCOCC1CCN(C(=NC)NCCCCCOC2CCCCC2)C1. The molecule has 5 nitrogen and oxygen atoms in total. The highest BCUT2D eigenvalue weighted by Gasteiger charge is 2.24. The molecule has 1 saturated heterocycles. The van der Waals surface area contributed by atoms with Crippen LogP contribution in [0, 0.1) is 5.92 Å². The van der Waals surface area contributed by atoms with Gasteiger partial charge in [0.15, 0.2) is 5.96 Å². The molecule has 2 rings (SSSR count). The third kappa shape index (κ3) is 7.95. The van der Waals surface area contributed by atoms with Crippen molar-refractivity contribution in [2.75, 3.05) is 46.5 Å². The summed E-state index contributed by atoms with van der Waals surface area (Å²) in [5.74, 6) is 1.70. The van der Waals surface area contributed by atoms with Crippen molar-refractivity contribution in [1.29, 1.82) is 0 Å². The summed E-state index contributed by atoms with van der Waals surface area (Å²) in [6.45, 7) is 7.85. The Labute approximate surface area is 154 Å². The van der Waals surface area contributed by atoms with Gasteiger partial charge in [-0.25, -0.2) is 0 Å². The van der Waals surface area contributed by atoms with Crippen LogP contribution in [-0.2, 0) is 9.47 Å². The summed E-state index contributed by atoms with van der Waals surface area (Å²) in [6, 6.07) is 0. The van der Waals surface area contributed by atoms with E-state index in [1.165, 1.54) is 57.8 Å². The molecule has 1 saturated carbocycles. The van der Waals surface area contributed by atoms with Crippen molar-refractivity contribution in [1.82, 2.24) is 10.2 Å². The largest absolute Gasteiger partial charge is 0.381 e. The van der Waals surface area contributed by atoms with Gasteiger partial charge in [-0.15, -0.1) is 0 Å². The normalized spacial score (nSPS) is 22.6. The van der Waals surface area contributed by atoms with Crippen molar-refractivity contribution < 1.29 is 9.47 Å². The van der Waals surface area contributed by atoms with Crippen LogP contribution in [0.25, 0.3) is 0 Å². The highest BCUT2D eigenvalue weighted by molar-refractivity contribution is 5.80. The summed E-state index contributed by atoms with van der Waals surface area (Å²) < 4.78 is 11.6. The van der Waals surface area contributed by atoms with Crippen molar-refractivity contribution >= 4 is 5.96 Å². The van der Waals surface area contributed by atoms with Gasteiger partial charge in [-0.1, -0.05) is 19.3 Å². The van der Waals surface area contributed by atoms with E-state index in [2.05, 4.69) is 22.1 Å². The van der Waals surface area contributed by atoms with Crippen molar-refractivity contribution in [3.63, 3.8) is 0 Å². The molecular formula is C20H39N3O2. The third-order valence-corrected chi connectivity index (χ3v) is 5.36. The average Bonchev–Trinajstić information content (AvgIpc) is 3.12. The second-order valence-corrected chi connectivity index (χ2v) is 7.43. The molecule has 0 aromatic rings. The Bertz CT molecular complexity index is 370. The number of aliphatic imine (C=N–C) groups is 1. The van der Waals surface area contributed by atoms with Gasteiger partial charge in [-0.3, -0.25) is 4.99 Å². The molecule has 1 heterocycles. The molecule has 2 aliphatic rings. The van der Waals surface area contributed by atoms with Gasteiger partial charge in [-0.05, 0) is 45.4 Å². The van der Waals surface area contributed by atoms with Gasteiger partial charge in [-0.2, -0.15) is 0 Å². The summed E-state index contributed by atoms with van der Waals surface area (Å²) in [5.41, 5.74) is 0. The van der Waals surface area contributed by atoms with Gasteiger partial charge in [0, 0.05) is 45.8 Å². The summed E-state index contributed by atoms with van der Waals surface area (Å²) in [5, 5.41) is 3.52. The molecular weight excluding hydrogens is 314 g/mol. The van der Waals surface area contributed by atoms with Crippen LogP contribution in [0.1, 0.15) is 64.7 Å². The highest BCUT2D eigenvalue weighted by atomic mass is 16.5. The van der Waals surface area contributed by atoms with Crippen molar-refractivity contribution in [3.05, 3.63) is 0 Å². The first-order valence-corrected chi connectivity index (χ1v) is 10.5. The molecule has 1 unspecified atom stereocenters. The lowest BCUT2D eigenvalue weighted by Crippen LogP contribution is -2.40. The maximum atomic E-state index is 5.99. The topological polar surface area (TPSA) is 46.1 Å². The minimum Gasteiger partial charge on any atom is -0.381 e. The predicted octanol–water partition coefficient (Wildman–Crippen LogP) is 3.44. The van der Waals surface area contributed by atoms with E-state index in [4.69, 9.17) is 9.47 Å². The maximum Gasteiger partial charge on any atom is 0.193 e. The lowest BCUT2D eigenvalue weighted by atomic mass is 9.98. The van der Waals surface area contributed by atoms with E-state index >= 15 is 0 Å². The molecule has 25 heavy (non-hydrogen) atoms. The lowest BCUT2D eigenvalue weighted by Gasteiger charge is -2.22. The molecule has 0 radical (unpaired) electrons. The molecule has 0 amide bonds. The van der Waals surface area contributed by atoms with E-state index in [1.54, 1.807) is 0 Å². The predicted molar refractivity (Wildman–Crippen MR) is 104 cm³/mol. The fourth-order valence-electron chi connectivity index (χ4n) is 3.86. The zero-order valence-corrected chi connectivity index (χ0v) is 16.5. The molecule has 2 fully saturated rings. The van der Waals surface area contributed by atoms with E-state index < -0.39 is 0 Å². The molecule has 0 aromatic carbocycles. The van der Waals surface area contributed by atoms with Gasteiger partial charge in [0.25, 0.3) is 0 Å². The highest BCUT2D eigenvalue weighted by Crippen LogP contribution is 2.20. The number of unbranched alkanes of at least 4 members (excludes halogenated alkanes) is 2. The van der Waals surface area contributed by atoms with Crippen molar-refractivity contribution in [2.45, 2.75) is 70.8 Å². The van der Waals surface area contributed by atoms with Gasteiger partial charge in [0.1, 0.15) is 0 Å². The van der Waals surface area contributed by atoms with Crippen LogP contribution in [0.4, 0.5) is 0 Å². The number of guanidine groups is 1. The van der Waals surface area contributed by atoms with Crippen LogP contribution in [0.5, 0.6) is 0 Å². The van der Waals surface area contributed by atoms with E-state index in [-0.39, 0.29) is 0 Å². The second-order valence-electron chi connectivity index (χ2n) is 7.43. The summed E-state index contributed by atoms with van der Waals surface area (Å²) in [7, 11) is 1.89. The monoisotopic (exact) mass is 353 g/mol. The molecule has 1 aliphatic heterocycles. The molecule has 1 N–H and O–H groups in total. The molecule has 0 spiro atoms.